The van der Waals surface area contributed by atoms with Gasteiger partial charge in [0, 0.05) is 21.9 Å². The molecule has 0 bridgehead atoms. The third-order valence-electron chi connectivity index (χ3n) is 2.01. The van der Waals surface area contributed by atoms with Crippen LogP contribution in [0.5, 0.6) is 0 Å². The quantitative estimate of drug-likeness (QED) is 0.797. The Kier molecular flexibility index (Phi) is 3.76. The van der Waals surface area contributed by atoms with Crippen LogP contribution in [0.1, 0.15) is 0 Å². The number of nitrogens with two attached hydrogens (primary N) is 1. The predicted octanol–water partition coefficient (Wildman–Crippen LogP) is 4.48. The largest absolute Gasteiger partial charge is 0.399 e. The van der Waals surface area contributed by atoms with E-state index in [-0.39, 0.29) is 0 Å². The van der Waals surface area contributed by atoms with E-state index in [0.717, 1.165) is 10.2 Å². The number of rotatable bonds is 2. The molecule has 1 heterocycles. The fourth-order valence-corrected chi connectivity index (χ4v) is 1.95. The summed E-state index contributed by atoms with van der Waals surface area (Å²) in [6.07, 6.45) is 0. The number of anilines is 3. The molecule has 1 aromatic carbocycles. The highest BCUT2D eigenvalue weighted by Crippen LogP contribution is 2.27. The van der Waals surface area contributed by atoms with Crippen LogP contribution in [0.2, 0.25) is 10.2 Å². The van der Waals surface area contributed by atoms with Gasteiger partial charge in [0.15, 0.2) is 0 Å². The van der Waals surface area contributed by atoms with Crippen LogP contribution in [0.25, 0.3) is 0 Å². The molecule has 0 aliphatic heterocycles. The lowest BCUT2D eigenvalue weighted by Crippen LogP contribution is -1.96. The minimum atomic E-state index is 0.343. The lowest BCUT2D eigenvalue weighted by molar-refractivity contribution is 1.31. The molecule has 0 aliphatic carbocycles. The van der Waals surface area contributed by atoms with Gasteiger partial charge in [-0.05, 0) is 40.2 Å². The van der Waals surface area contributed by atoms with Crippen LogP contribution in [-0.2, 0) is 0 Å². The van der Waals surface area contributed by atoms with E-state index in [4.69, 9.17) is 28.9 Å². The zero-order valence-corrected chi connectivity index (χ0v) is 11.6. The van der Waals surface area contributed by atoms with Crippen molar-refractivity contribution in [3.05, 3.63) is 45.0 Å². The molecule has 0 amide bonds. The molecule has 0 saturated heterocycles. The normalized spacial score (nSPS) is 10.3. The van der Waals surface area contributed by atoms with Gasteiger partial charge in [0.1, 0.15) is 11.0 Å². The SMILES string of the molecule is Nc1cc(Cl)nc(Nc2ccc(Br)c(Cl)c2)c1. The molecule has 2 aromatic rings. The molecule has 6 heteroatoms. The van der Waals surface area contributed by atoms with Gasteiger partial charge >= 0.3 is 0 Å². The van der Waals surface area contributed by atoms with Gasteiger partial charge in [0.25, 0.3) is 0 Å². The maximum Gasteiger partial charge on any atom is 0.134 e. The summed E-state index contributed by atoms with van der Waals surface area (Å²) >= 11 is 15.1. The summed E-state index contributed by atoms with van der Waals surface area (Å²) in [6.45, 7) is 0. The highest BCUT2D eigenvalue weighted by Gasteiger charge is 2.02. The summed E-state index contributed by atoms with van der Waals surface area (Å²) in [5.74, 6) is 0.577. The number of pyridine rings is 1. The van der Waals surface area contributed by atoms with Gasteiger partial charge in [-0.25, -0.2) is 4.98 Å². The van der Waals surface area contributed by atoms with Crippen molar-refractivity contribution in [1.82, 2.24) is 4.98 Å². The molecule has 3 nitrogen and oxygen atoms in total. The van der Waals surface area contributed by atoms with Gasteiger partial charge in [-0.15, -0.1) is 0 Å². The lowest BCUT2D eigenvalue weighted by Gasteiger charge is -2.07. The zero-order chi connectivity index (χ0) is 12.4. The second-order valence-electron chi connectivity index (χ2n) is 3.36. The molecule has 3 N–H and O–H groups in total. The first-order chi connectivity index (χ1) is 8.04. The van der Waals surface area contributed by atoms with Crippen molar-refractivity contribution in [2.75, 3.05) is 11.1 Å². The van der Waals surface area contributed by atoms with Gasteiger partial charge < -0.3 is 11.1 Å². The van der Waals surface area contributed by atoms with Gasteiger partial charge in [-0.2, -0.15) is 0 Å². The Balaban J connectivity index is 2.28. The van der Waals surface area contributed by atoms with Crippen LogP contribution >= 0.6 is 39.1 Å². The Morgan fingerprint density at radius 1 is 1.18 bits per heavy atom. The molecule has 0 aliphatic rings. The Labute approximate surface area is 117 Å². The van der Waals surface area contributed by atoms with Crippen molar-refractivity contribution in [3.63, 3.8) is 0 Å². The summed E-state index contributed by atoms with van der Waals surface area (Å²) < 4.78 is 0.836. The predicted molar refractivity (Wildman–Crippen MR) is 76.1 cm³/mol. The van der Waals surface area contributed by atoms with E-state index in [0.29, 0.717) is 21.7 Å². The van der Waals surface area contributed by atoms with Gasteiger partial charge in [0.05, 0.1) is 5.02 Å². The molecule has 88 valence electrons. The summed E-state index contributed by atoms with van der Waals surface area (Å²) in [5.41, 5.74) is 7.03. The highest BCUT2D eigenvalue weighted by molar-refractivity contribution is 9.10. The maximum absolute atomic E-state index is 5.98. The minimum absolute atomic E-state index is 0.343. The van der Waals surface area contributed by atoms with Crippen LogP contribution in [0, 0.1) is 0 Å². The lowest BCUT2D eigenvalue weighted by atomic mass is 10.3. The van der Waals surface area contributed by atoms with Crippen molar-refractivity contribution in [2.45, 2.75) is 0 Å². The molecule has 0 saturated carbocycles. The topological polar surface area (TPSA) is 50.9 Å². The van der Waals surface area contributed by atoms with Gasteiger partial charge in [0.2, 0.25) is 0 Å². The van der Waals surface area contributed by atoms with E-state index < -0.39 is 0 Å². The van der Waals surface area contributed by atoms with Gasteiger partial charge in [-0.3, -0.25) is 0 Å². The van der Waals surface area contributed by atoms with Crippen molar-refractivity contribution in [2.24, 2.45) is 0 Å². The average Bonchev–Trinajstić information content (AvgIpc) is 2.22. The number of benzene rings is 1. The molecule has 0 unspecified atom stereocenters. The molecule has 1 aromatic heterocycles. The Bertz CT molecular complexity index is 540. The fraction of sp³-hybridized carbons (Fsp3) is 0. The number of nitrogen functional groups attached to an aromatic ring is 1. The number of nitrogens with one attached hydrogen (secondary N) is 1. The van der Waals surface area contributed by atoms with E-state index in [1.165, 1.54) is 0 Å². The number of hydrogen-bond acceptors (Lipinski definition) is 3. The second kappa shape index (κ2) is 5.12. The van der Waals surface area contributed by atoms with Crippen LogP contribution in [0.15, 0.2) is 34.8 Å². The molecular formula is C11H8BrCl2N3. The Hall–Kier alpha value is -0.970. The Morgan fingerprint density at radius 3 is 2.59 bits per heavy atom. The molecule has 17 heavy (non-hydrogen) atoms. The van der Waals surface area contributed by atoms with E-state index in [1.807, 2.05) is 12.1 Å². The van der Waals surface area contributed by atoms with Crippen LogP contribution in [0.3, 0.4) is 0 Å². The molecule has 0 fully saturated rings. The maximum atomic E-state index is 5.98. The smallest absolute Gasteiger partial charge is 0.134 e. The van der Waals surface area contributed by atoms with E-state index >= 15 is 0 Å². The number of aromatic nitrogens is 1. The monoisotopic (exact) mass is 331 g/mol. The second-order valence-corrected chi connectivity index (χ2v) is 5.01. The van der Waals surface area contributed by atoms with Crippen molar-refractivity contribution in [1.29, 1.82) is 0 Å². The molecular weight excluding hydrogens is 325 g/mol. The van der Waals surface area contributed by atoms with Gasteiger partial charge in [-0.1, -0.05) is 23.2 Å². The van der Waals surface area contributed by atoms with Crippen molar-refractivity contribution in [3.8, 4) is 0 Å². The standard InChI is InChI=1S/C11H8BrCl2N3/c12-8-2-1-7(5-9(8)13)16-11-4-6(15)3-10(14)17-11/h1-5H,(H3,15,16,17). The van der Waals surface area contributed by atoms with Crippen molar-refractivity contribution < 1.29 is 0 Å². The fourth-order valence-electron chi connectivity index (χ4n) is 1.30. The Morgan fingerprint density at radius 2 is 1.94 bits per heavy atom. The third-order valence-corrected chi connectivity index (χ3v) is 3.43. The minimum Gasteiger partial charge on any atom is -0.399 e. The van der Waals surface area contributed by atoms with Crippen LogP contribution in [0.4, 0.5) is 17.2 Å². The third kappa shape index (κ3) is 3.25. The average molecular weight is 333 g/mol. The van der Waals surface area contributed by atoms with E-state index in [1.54, 1.807) is 18.2 Å². The molecule has 0 spiro atoms. The first kappa shape index (κ1) is 12.5. The number of hydrogen-bond donors (Lipinski definition) is 2. The van der Waals surface area contributed by atoms with Crippen LogP contribution < -0.4 is 11.1 Å². The molecule has 0 atom stereocenters. The summed E-state index contributed by atoms with van der Waals surface area (Å²) in [6, 6.07) is 8.78. The number of halogens is 3. The van der Waals surface area contributed by atoms with E-state index in [9.17, 15) is 0 Å². The highest BCUT2D eigenvalue weighted by atomic mass is 79.9. The van der Waals surface area contributed by atoms with Crippen molar-refractivity contribution >= 4 is 56.3 Å². The molecule has 0 radical (unpaired) electrons. The number of nitrogens with zero attached hydrogens (tertiary/aromatic N) is 1. The van der Waals surface area contributed by atoms with Crippen LogP contribution in [-0.4, -0.2) is 4.98 Å². The summed E-state index contributed by atoms with van der Waals surface area (Å²) in [5, 5.41) is 4.03. The molecule has 2 rings (SSSR count). The first-order valence-corrected chi connectivity index (χ1v) is 6.24. The van der Waals surface area contributed by atoms with E-state index in [2.05, 4.69) is 26.2 Å². The first-order valence-electron chi connectivity index (χ1n) is 4.70. The summed E-state index contributed by atoms with van der Waals surface area (Å²) in [7, 11) is 0. The zero-order valence-electron chi connectivity index (χ0n) is 8.55. The summed E-state index contributed by atoms with van der Waals surface area (Å²) in [4.78, 5) is 4.10.